The van der Waals surface area contributed by atoms with Crippen LogP contribution in [0.1, 0.15) is 5.56 Å². The number of hydrogen-bond acceptors (Lipinski definition) is 3. The van der Waals surface area contributed by atoms with Crippen LogP contribution in [0, 0.1) is 5.82 Å². The van der Waals surface area contributed by atoms with Gasteiger partial charge in [-0.05, 0) is 35.9 Å². The highest BCUT2D eigenvalue weighted by Crippen LogP contribution is 2.20. The van der Waals surface area contributed by atoms with Crippen molar-refractivity contribution in [2.45, 2.75) is 0 Å². The molecule has 23 heavy (non-hydrogen) atoms. The Balaban J connectivity index is 1.82. The van der Waals surface area contributed by atoms with Gasteiger partial charge >= 0.3 is 5.97 Å². The van der Waals surface area contributed by atoms with E-state index in [0.29, 0.717) is 16.3 Å². The number of esters is 1. The Kier molecular flexibility index (Phi) is 5.88. The van der Waals surface area contributed by atoms with Crippen molar-refractivity contribution < 1.29 is 18.7 Å². The van der Waals surface area contributed by atoms with Crippen LogP contribution in [-0.2, 0) is 14.3 Å². The number of para-hydroxylation sites is 1. The molecule has 0 atom stereocenters. The van der Waals surface area contributed by atoms with Crippen LogP contribution in [0.4, 0.5) is 10.1 Å². The number of anilines is 1. The quantitative estimate of drug-likeness (QED) is 0.671. The van der Waals surface area contributed by atoms with Gasteiger partial charge in [-0.25, -0.2) is 9.18 Å². The minimum Gasteiger partial charge on any atom is -0.452 e. The van der Waals surface area contributed by atoms with Gasteiger partial charge in [0, 0.05) is 6.08 Å². The first-order chi connectivity index (χ1) is 11.0. The van der Waals surface area contributed by atoms with Crippen LogP contribution in [-0.4, -0.2) is 18.5 Å². The van der Waals surface area contributed by atoms with E-state index in [-0.39, 0.29) is 0 Å². The fraction of sp³-hybridized carbons (Fsp3) is 0.0588. The van der Waals surface area contributed by atoms with Crippen molar-refractivity contribution in [3.8, 4) is 0 Å². The number of hydrogen-bond donors (Lipinski definition) is 1. The lowest BCUT2D eigenvalue weighted by atomic mass is 10.2. The number of benzene rings is 2. The van der Waals surface area contributed by atoms with Crippen LogP contribution in [0.3, 0.4) is 0 Å². The lowest BCUT2D eigenvalue weighted by Gasteiger charge is -2.06. The summed E-state index contributed by atoms with van der Waals surface area (Å²) in [5, 5.41) is 2.91. The highest BCUT2D eigenvalue weighted by molar-refractivity contribution is 6.33. The molecule has 0 aliphatic carbocycles. The van der Waals surface area contributed by atoms with Crippen LogP contribution in [0.25, 0.3) is 6.08 Å². The maximum absolute atomic E-state index is 13.0. The predicted octanol–water partition coefficient (Wildman–Crippen LogP) is 3.67. The highest BCUT2D eigenvalue weighted by atomic mass is 35.5. The molecule has 0 fully saturated rings. The summed E-state index contributed by atoms with van der Waals surface area (Å²) in [6.07, 6.45) is 2.52. The minimum absolute atomic E-state index is 0.387. The molecule has 0 bridgehead atoms. The van der Waals surface area contributed by atoms with Crippen molar-refractivity contribution in [3.05, 3.63) is 71.0 Å². The summed E-state index contributed by atoms with van der Waals surface area (Å²) in [5.74, 6) is -1.62. The highest BCUT2D eigenvalue weighted by Gasteiger charge is 2.07. The molecule has 0 heterocycles. The van der Waals surface area contributed by atoms with E-state index in [1.807, 2.05) is 0 Å². The van der Waals surface area contributed by atoms with Gasteiger partial charge in [0.05, 0.1) is 10.7 Å². The Morgan fingerprint density at radius 1 is 1.17 bits per heavy atom. The molecule has 0 aromatic heterocycles. The molecule has 0 aliphatic rings. The van der Waals surface area contributed by atoms with Gasteiger partial charge in [0.2, 0.25) is 0 Å². The molecule has 0 unspecified atom stereocenters. The molecule has 2 rings (SSSR count). The van der Waals surface area contributed by atoms with Crippen molar-refractivity contribution in [1.82, 2.24) is 0 Å². The second kappa shape index (κ2) is 8.10. The predicted molar refractivity (Wildman–Crippen MR) is 86.5 cm³/mol. The topological polar surface area (TPSA) is 55.4 Å². The van der Waals surface area contributed by atoms with Crippen LogP contribution in [0.5, 0.6) is 0 Å². The second-order valence-corrected chi connectivity index (χ2v) is 4.93. The second-order valence-electron chi connectivity index (χ2n) is 4.52. The molecule has 6 heteroatoms. The van der Waals surface area contributed by atoms with Gasteiger partial charge in [0.15, 0.2) is 6.61 Å². The smallest absolute Gasteiger partial charge is 0.331 e. The van der Waals surface area contributed by atoms with Crippen LogP contribution < -0.4 is 5.32 Å². The van der Waals surface area contributed by atoms with Gasteiger partial charge < -0.3 is 10.1 Å². The van der Waals surface area contributed by atoms with E-state index in [1.54, 1.807) is 30.3 Å². The Bertz CT molecular complexity index is 746. The third kappa shape index (κ3) is 5.56. The zero-order valence-electron chi connectivity index (χ0n) is 12.0. The minimum atomic E-state index is -0.705. The van der Waals surface area contributed by atoms with Crippen molar-refractivity contribution in [3.63, 3.8) is 0 Å². The molecule has 0 aliphatic heterocycles. The summed E-state index contributed by atoms with van der Waals surface area (Å²) < 4.78 is 17.8. The van der Waals surface area contributed by atoms with Crippen LogP contribution in [0.15, 0.2) is 54.6 Å². The standard InChI is InChI=1S/C17H13ClFNO3/c18-14-6-1-2-7-15(14)20-16(21)11-23-17(22)9-8-12-4-3-5-13(19)10-12/h1-10H,11H2,(H,20,21)/b9-8+. The lowest BCUT2D eigenvalue weighted by molar-refractivity contribution is -0.142. The van der Waals surface area contributed by atoms with Crippen molar-refractivity contribution in [1.29, 1.82) is 0 Å². The van der Waals surface area contributed by atoms with E-state index >= 15 is 0 Å². The Labute approximate surface area is 137 Å². The molecule has 2 aromatic carbocycles. The third-order valence-corrected chi connectivity index (χ3v) is 3.08. The fourth-order valence-electron chi connectivity index (χ4n) is 1.71. The lowest BCUT2D eigenvalue weighted by Crippen LogP contribution is -2.20. The third-order valence-electron chi connectivity index (χ3n) is 2.75. The van der Waals surface area contributed by atoms with E-state index in [0.717, 1.165) is 6.08 Å². The van der Waals surface area contributed by atoms with Gasteiger partial charge in [0.1, 0.15) is 5.82 Å². The van der Waals surface area contributed by atoms with Gasteiger partial charge in [-0.3, -0.25) is 4.79 Å². The maximum atomic E-state index is 13.0. The van der Waals surface area contributed by atoms with Gasteiger partial charge in [-0.1, -0.05) is 35.9 Å². The number of halogens is 2. The number of carbonyl (C=O) groups is 2. The van der Waals surface area contributed by atoms with E-state index in [4.69, 9.17) is 16.3 Å². The summed E-state index contributed by atoms with van der Waals surface area (Å²) in [7, 11) is 0. The monoisotopic (exact) mass is 333 g/mol. The molecule has 0 spiro atoms. The normalized spacial score (nSPS) is 10.5. The average Bonchev–Trinajstić information content (AvgIpc) is 2.53. The molecule has 1 amide bonds. The molecule has 0 saturated carbocycles. The number of amides is 1. The van der Waals surface area contributed by atoms with Gasteiger partial charge in [-0.2, -0.15) is 0 Å². The van der Waals surface area contributed by atoms with E-state index in [1.165, 1.54) is 24.3 Å². The van der Waals surface area contributed by atoms with E-state index in [9.17, 15) is 14.0 Å². The number of carbonyl (C=O) groups excluding carboxylic acids is 2. The first-order valence-electron chi connectivity index (χ1n) is 6.69. The van der Waals surface area contributed by atoms with Crippen molar-refractivity contribution in [2.24, 2.45) is 0 Å². The molecular weight excluding hydrogens is 321 g/mol. The van der Waals surface area contributed by atoms with Crippen LogP contribution >= 0.6 is 11.6 Å². The summed E-state index contributed by atoms with van der Waals surface area (Å²) in [5.41, 5.74) is 0.952. The summed E-state index contributed by atoms with van der Waals surface area (Å²) in [6, 6.07) is 12.4. The molecule has 4 nitrogen and oxygen atoms in total. The molecule has 2 aromatic rings. The molecular formula is C17H13ClFNO3. The van der Waals surface area contributed by atoms with E-state index in [2.05, 4.69) is 5.32 Å². The Morgan fingerprint density at radius 3 is 2.70 bits per heavy atom. The van der Waals surface area contributed by atoms with Crippen molar-refractivity contribution in [2.75, 3.05) is 11.9 Å². The summed E-state index contributed by atoms with van der Waals surface area (Å²) in [6.45, 7) is -0.447. The Hall–Kier alpha value is -2.66. The van der Waals surface area contributed by atoms with Gasteiger partial charge in [-0.15, -0.1) is 0 Å². The maximum Gasteiger partial charge on any atom is 0.331 e. The summed E-state index contributed by atoms with van der Waals surface area (Å²) in [4.78, 5) is 23.2. The average molecular weight is 334 g/mol. The first kappa shape index (κ1) is 16.7. The molecule has 0 radical (unpaired) electrons. The largest absolute Gasteiger partial charge is 0.452 e. The molecule has 1 N–H and O–H groups in total. The Morgan fingerprint density at radius 2 is 1.96 bits per heavy atom. The number of nitrogens with one attached hydrogen (secondary N) is 1. The fourth-order valence-corrected chi connectivity index (χ4v) is 1.89. The summed E-state index contributed by atoms with van der Waals surface area (Å²) >= 11 is 5.90. The number of rotatable bonds is 5. The zero-order valence-corrected chi connectivity index (χ0v) is 12.7. The van der Waals surface area contributed by atoms with Gasteiger partial charge in [0.25, 0.3) is 5.91 Å². The SMILES string of the molecule is O=C(COC(=O)/C=C/c1cccc(F)c1)Nc1ccccc1Cl. The van der Waals surface area contributed by atoms with Crippen molar-refractivity contribution >= 4 is 35.2 Å². The van der Waals surface area contributed by atoms with Crippen LogP contribution in [0.2, 0.25) is 5.02 Å². The molecule has 0 saturated heterocycles. The van der Waals surface area contributed by atoms with E-state index < -0.39 is 24.3 Å². The first-order valence-corrected chi connectivity index (χ1v) is 7.07. The molecule has 118 valence electrons. The zero-order chi connectivity index (χ0) is 16.7. The number of ether oxygens (including phenoxy) is 1.